The monoisotopic (exact) mass is 372 g/mol. The molecule has 136 valence electrons. The van der Waals surface area contributed by atoms with Crippen molar-refractivity contribution in [1.29, 1.82) is 0 Å². The number of carbonyl (C=O) groups is 1. The predicted molar refractivity (Wildman–Crippen MR) is 77.6 cm³/mol. The Morgan fingerprint density at radius 1 is 1.17 bits per heavy atom. The number of hydrogen-bond donors (Lipinski definition) is 4. The van der Waals surface area contributed by atoms with E-state index in [9.17, 15) is 30.8 Å². The van der Waals surface area contributed by atoms with Crippen LogP contribution in [-0.2, 0) is 22.9 Å². The fourth-order valence-electron chi connectivity index (χ4n) is 1.64. The van der Waals surface area contributed by atoms with E-state index >= 15 is 0 Å². The fraction of sp³-hybridized carbons (Fsp3) is 0.417. The van der Waals surface area contributed by atoms with Gasteiger partial charge in [-0.3, -0.25) is 0 Å². The Morgan fingerprint density at radius 3 is 2.42 bits per heavy atom. The normalized spacial score (nSPS) is 12.0. The third kappa shape index (κ3) is 6.68. The summed E-state index contributed by atoms with van der Waals surface area (Å²) in [5.41, 5.74) is -1.47. The molecular formula is C12H16F4N4O3S. The smallest absolute Gasteiger partial charge is 0.337 e. The summed E-state index contributed by atoms with van der Waals surface area (Å²) in [6.07, 6.45) is -4.75. The van der Waals surface area contributed by atoms with Gasteiger partial charge >= 0.3 is 12.2 Å². The molecule has 0 aromatic heterocycles. The van der Waals surface area contributed by atoms with E-state index in [2.05, 4.69) is 15.4 Å². The Labute approximate surface area is 136 Å². The molecule has 1 rings (SSSR count). The van der Waals surface area contributed by atoms with Gasteiger partial charge in [-0.1, -0.05) is 6.07 Å². The van der Waals surface area contributed by atoms with Crippen molar-refractivity contribution in [2.24, 2.45) is 0 Å². The molecule has 4 N–H and O–H groups in total. The number of carbonyl (C=O) groups excluding carboxylic acids is 1. The number of halogens is 4. The van der Waals surface area contributed by atoms with Gasteiger partial charge in [-0.2, -0.15) is 21.6 Å². The second kappa shape index (κ2) is 8.26. The average molecular weight is 372 g/mol. The van der Waals surface area contributed by atoms with Gasteiger partial charge in [0.2, 0.25) is 0 Å². The molecule has 0 heterocycles. The lowest BCUT2D eigenvalue weighted by atomic mass is 10.1. The maximum Gasteiger partial charge on any atom is 0.416 e. The molecule has 24 heavy (non-hydrogen) atoms. The molecule has 0 atom stereocenters. The molecule has 0 aliphatic heterocycles. The van der Waals surface area contributed by atoms with E-state index in [-0.39, 0.29) is 18.7 Å². The van der Waals surface area contributed by atoms with Crippen LogP contribution in [-0.4, -0.2) is 34.6 Å². The molecule has 2 amide bonds. The number of hydrogen-bond acceptors (Lipinski definition) is 3. The summed E-state index contributed by atoms with van der Waals surface area (Å²) in [6.45, 7) is -0.660. The van der Waals surface area contributed by atoms with E-state index in [1.165, 1.54) is 7.05 Å². The van der Waals surface area contributed by atoms with Crippen LogP contribution in [0, 0.1) is 5.82 Å². The van der Waals surface area contributed by atoms with Gasteiger partial charge in [-0.25, -0.2) is 18.6 Å². The van der Waals surface area contributed by atoms with Crippen molar-refractivity contribution in [3.05, 3.63) is 35.1 Å². The van der Waals surface area contributed by atoms with E-state index in [1.807, 2.05) is 4.72 Å². The minimum Gasteiger partial charge on any atom is -0.337 e. The molecule has 12 heteroatoms. The number of nitrogens with one attached hydrogen (secondary N) is 4. The first-order chi connectivity index (χ1) is 11.0. The van der Waals surface area contributed by atoms with Gasteiger partial charge in [0.15, 0.2) is 0 Å². The molecule has 7 nitrogen and oxygen atoms in total. The van der Waals surface area contributed by atoms with Crippen molar-refractivity contribution >= 4 is 16.2 Å². The maximum absolute atomic E-state index is 12.9. The largest absolute Gasteiger partial charge is 0.416 e. The molecule has 0 spiro atoms. The molecule has 0 bridgehead atoms. The summed E-state index contributed by atoms with van der Waals surface area (Å²) in [5.74, 6) is -1.03. The molecule has 0 radical (unpaired) electrons. The van der Waals surface area contributed by atoms with Crippen molar-refractivity contribution < 1.29 is 30.8 Å². The van der Waals surface area contributed by atoms with Crippen LogP contribution in [0.3, 0.4) is 0 Å². The Balaban J connectivity index is 2.51. The number of amides is 2. The highest BCUT2D eigenvalue weighted by atomic mass is 32.2. The second-order valence-corrected chi connectivity index (χ2v) is 6.21. The lowest BCUT2D eigenvalue weighted by Gasteiger charge is -2.14. The number of benzene rings is 1. The van der Waals surface area contributed by atoms with Gasteiger partial charge in [0, 0.05) is 26.7 Å². The SMILES string of the molecule is CNS(=O)(=O)NCCNC(=O)NCc1ccc(F)cc1C(F)(F)F. The number of alkyl halides is 3. The zero-order valence-electron chi connectivity index (χ0n) is 12.5. The summed E-state index contributed by atoms with van der Waals surface area (Å²) in [6, 6.07) is 1.34. The fourth-order valence-corrected chi connectivity index (χ4v) is 2.15. The topological polar surface area (TPSA) is 99.3 Å². The Morgan fingerprint density at radius 2 is 1.83 bits per heavy atom. The molecule has 0 saturated carbocycles. The molecule has 0 fully saturated rings. The van der Waals surface area contributed by atoms with Crippen molar-refractivity contribution in [1.82, 2.24) is 20.1 Å². The molecule has 1 aromatic rings. The van der Waals surface area contributed by atoms with Crippen LogP contribution in [0.25, 0.3) is 0 Å². The Bertz CT molecular complexity index is 679. The molecule has 0 unspecified atom stereocenters. The molecule has 0 saturated heterocycles. The van der Waals surface area contributed by atoms with Gasteiger partial charge in [-0.05, 0) is 17.7 Å². The third-order valence-electron chi connectivity index (χ3n) is 2.79. The Kier molecular flexibility index (Phi) is 6.93. The van der Waals surface area contributed by atoms with Crippen LogP contribution in [0.15, 0.2) is 18.2 Å². The number of urea groups is 1. The van der Waals surface area contributed by atoms with Crippen LogP contribution >= 0.6 is 0 Å². The van der Waals surface area contributed by atoms with E-state index in [0.717, 1.165) is 12.1 Å². The first-order valence-electron chi connectivity index (χ1n) is 6.60. The van der Waals surface area contributed by atoms with Crippen LogP contribution in [0.4, 0.5) is 22.4 Å². The third-order valence-corrected chi connectivity index (χ3v) is 3.91. The maximum atomic E-state index is 12.9. The quantitative estimate of drug-likeness (QED) is 0.419. The number of rotatable bonds is 7. The minimum absolute atomic E-state index is 0.0811. The highest BCUT2D eigenvalue weighted by Gasteiger charge is 2.33. The molecule has 0 aliphatic rings. The first kappa shape index (κ1) is 20.1. The van der Waals surface area contributed by atoms with Crippen LogP contribution < -0.4 is 20.1 Å². The Hall–Kier alpha value is -1.92. The summed E-state index contributed by atoms with van der Waals surface area (Å²) in [4.78, 5) is 11.5. The zero-order chi connectivity index (χ0) is 18.4. The predicted octanol–water partition coefficient (Wildman–Crippen LogP) is 0.697. The highest BCUT2D eigenvalue weighted by Crippen LogP contribution is 2.32. The summed E-state index contributed by atoms with van der Waals surface area (Å²) >= 11 is 0. The molecule has 1 aromatic carbocycles. The molecule has 0 aliphatic carbocycles. The van der Waals surface area contributed by atoms with Gasteiger partial charge in [0.05, 0.1) is 5.56 Å². The zero-order valence-corrected chi connectivity index (χ0v) is 13.3. The minimum atomic E-state index is -4.75. The van der Waals surface area contributed by atoms with E-state index < -0.39 is 40.3 Å². The summed E-state index contributed by atoms with van der Waals surface area (Å²) in [5, 5.41) is 4.44. The second-order valence-electron chi connectivity index (χ2n) is 4.51. The van der Waals surface area contributed by atoms with Crippen molar-refractivity contribution in [2.45, 2.75) is 12.7 Å². The van der Waals surface area contributed by atoms with Crippen molar-refractivity contribution in [3.8, 4) is 0 Å². The lowest BCUT2D eigenvalue weighted by molar-refractivity contribution is -0.138. The standard InChI is InChI=1S/C12H16F4N4O3S/c1-17-24(22,23)20-5-4-18-11(21)19-7-8-2-3-9(13)6-10(8)12(14,15)16/h2-3,6,17,20H,4-5,7H2,1H3,(H2,18,19,21). The van der Waals surface area contributed by atoms with E-state index in [4.69, 9.17) is 0 Å². The van der Waals surface area contributed by atoms with Gasteiger partial charge in [0.25, 0.3) is 10.2 Å². The van der Waals surface area contributed by atoms with Gasteiger partial charge in [0.1, 0.15) is 5.82 Å². The van der Waals surface area contributed by atoms with Crippen LogP contribution in [0.1, 0.15) is 11.1 Å². The summed E-state index contributed by atoms with van der Waals surface area (Å²) in [7, 11) is -2.43. The average Bonchev–Trinajstić information content (AvgIpc) is 2.49. The summed E-state index contributed by atoms with van der Waals surface area (Å²) < 4.78 is 77.4. The molecular weight excluding hydrogens is 356 g/mol. The van der Waals surface area contributed by atoms with Crippen LogP contribution in [0.5, 0.6) is 0 Å². The van der Waals surface area contributed by atoms with Crippen molar-refractivity contribution in [3.63, 3.8) is 0 Å². The first-order valence-corrected chi connectivity index (χ1v) is 8.09. The lowest BCUT2D eigenvalue weighted by Crippen LogP contribution is -2.42. The highest BCUT2D eigenvalue weighted by molar-refractivity contribution is 7.87. The van der Waals surface area contributed by atoms with E-state index in [1.54, 1.807) is 0 Å². The van der Waals surface area contributed by atoms with E-state index in [0.29, 0.717) is 6.07 Å². The van der Waals surface area contributed by atoms with Gasteiger partial charge < -0.3 is 10.6 Å². The van der Waals surface area contributed by atoms with Gasteiger partial charge in [-0.15, -0.1) is 0 Å². The van der Waals surface area contributed by atoms with Crippen LogP contribution in [0.2, 0.25) is 0 Å². The van der Waals surface area contributed by atoms with Crippen molar-refractivity contribution in [2.75, 3.05) is 20.1 Å².